The third-order valence-electron chi connectivity index (χ3n) is 1.66. The molecule has 3 heteroatoms. The average Bonchev–Trinajstić information content (AvgIpc) is 2.61. The van der Waals surface area contributed by atoms with E-state index in [2.05, 4.69) is 10.7 Å². The van der Waals surface area contributed by atoms with Crippen molar-refractivity contribution in [1.29, 1.82) is 0 Å². The predicted molar refractivity (Wildman–Crippen MR) is 52.8 cm³/mol. The predicted octanol–water partition coefficient (Wildman–Crippen LogP) is 2.10. The SMILES string of the molecule is C#CCCc1ccsc1C(=O)OC. The number of carbonyl (C=O) groups excluding carboxylic acids is 1. The molecule has 0 spiro atoms. The Morgan fingerprint density at radius 3 is 3.15 bits per heavy atom. The van der Waals surface area contributed by atoms with Crippen molar-refractivity contribution in [1.82, 2.24) is 0 Å². The molecule has 1 heterocycles. The summed E-state index contributed by atoms with van der Waals surface area (Å²) >= 11 is 1.39. The van der Waals surface area contributed by atoms with Gasteiger partial charge in [-0.25, -0.2) is 4.79 Å². The Bertz CT molecular complexity index is 333. The van der Waals surface area contributed by atoms with Crippen LogP contribution in [0.2, 0.25) is 0 Å². The van der Waals surface area contributed by atoms with Crippen molar-refractivity contribution in [3.8, 4) is 12.3 Å². The van der Waals surface area contributed by atoms with Crippen LogP contribution in [-0.4, -0.2) is 13.1 Å². The van der Waals surface area contributed by atoms with Crippen molar-refractivity contribution in [3.05, 3.63) is 21.9 Å². The van der Waals surface area contributed by atoms with Gasteiger partial charge in [-0.2, -0.15) is 0 Å². The van der Waals surface area contributed by atoms with E-state index in [1.807, 2.05) is 11.4 Å². The minimum atomic E-state index is -0.276. The lowest BCUT2D eigenvalue weighted by molar-refractivity contribution is 0.0605. The molecule has 0 fully saturated rings. The van der Waals surface area contributed by atoms with E-state index in [0.717, 1.165) is 12.0 Å². The molecule has 0 aliphatic rings. The maximum Gasteiger partial charge on any atom is 0.348 e. The molecule has 1 aromatic rings. The van der Waals surface area contributed by atoms with Crippen molar-refractivity contribution < 1.29 is 9.53 Å². The monoisotopic (exact) mass is 194 g/mol. The van der Waals surface area contributed by atoms with Crippen LogP contribution in [0.3, 0.4) is 0 Å². The van der Waals surface area contributed by atoms with Gasteiger partial charge in [-0.3, -0.25) is 0 Å². The van der Waals surface area contributed by atoms with E-state index in [1.165, 1.54) is 18.4 Å². The highest BCUT2D eigenvalue weighted by Crippen LogP contribution is 2.18. The highest BCUT2D eigenvalue weighted by atomic mass is 32.1. The Morgan fingerprint density at radius 1 is 1.77 bits per heavy atom. The quantitative estimate of drug-likeness (QED) is 0.544. The maximum absolute atomic E-state index is 11.2. The second kappa shape index (κ2) is 4.68. The molecule has 0 unspecified atom stereocenters. The molecule has 2 nitrogen and oxygen atoms in total. The Balaban J connectivity index is 2.78. The zero-order chi connectivity index (χ0) is 9.68. The van der Waals surface area contributed by atoms with Gasteiger partial charge in [0.1, 0.15) is 4.88 Å². The summed E-state index contributed by atoms with van der Waals surface area (Å²) in [5.41, 5.74) is 0.981. The number of hydrogen-bond acceptors (Lipinski definition) is 3. The standard InChI is InChI=1S/C10H10O2S/c1-3-4-5-8-6-7-13-9(8)10(11)12-2/h1,6-7H,4-5H2,2H3. The van der Waals surface area contributed by atoms with Crippen LogP contribution in [0.4, 0.5) is 0 Å². The third-order valence-corrected chi connectivity index (χ3v) is 2.59. The zero-order valence-corrected chi connectivity index (χ0v) is 8.19. The first kappa shape index (κ1) is 9.82. The van der Waals surface area contributed by atoms with E-state index in [9.17, 15) is 4.79 Å². The average molecular weight is 194 g/mol. The summed E-state index contributed by atoms with van der Waals surface area (Å²) in [6.07, 6.45) is 6.54. The van der Waals surface area contributed by atoms with Gasteiger partial charge < -0.3 is 4.74 Å². The lowest BCUT2D eigenvalue weighted by Crippen LogP contribution is -2.01. The van der Waals surface area contributed by atoms with Gasteiger partial charge in [-0.1, -0.05) is 0 Å². The Labute approximate surface area is 81.5 Å². The highest BCUT2D eigenvalue weighted by Gasteiger charge is 2.12. The smallest absolute Gasteiger partial charge is 0.348 e. The number of ether oxygens (including phenoxy) is 1. The molecule has 13 heavy (non-hydrogen) atoms. The first-order chi connectivity index (χ1) is 6.29. The summed E-state index contributed by atoms with van der Waals surface area (Å²) in [5.74, 6) is 2.27. The molecule has 0 bridgehead atoms. The van der Waals surface area contributed by atoms with Crippen LogP contribution in [0.5, 0.6) is 0 Å². The fourth-order valence-corrected chi connectivity index (χ4v) is 1.88. The minimum absolute atomic E-state index is 0.276. The van der Waals surface area contributed by atoms with Gasteiger partial charge in [0.25, 0.3) is 0 Å². The molecule has 0 aliphatic carbocycles. The van der Waals surface area contributed by atoms with Crippen molar-refractivity contribution in [2.24, 2.45) is 0 Å². The Morgan fingerprint density at radius 2 is 2.54 bits per heavy atom. The number of aryl methyl sites for hydroxylation is 1. The topological polar surface area (TPSA) is 26.3 Å². The fraction of sp³-hybridized carbons (Fsp3) is 0.300. The number of carbonyl (C=O) groups is 1. The summed E-state index contributed by atoms with van der Waals surface area (Å²) < 4.78 is 4.64. The maximum atomic E-state index is 11.2. The van der Waals surface area contributed by atoms with Gasteiger partial charge in [0.05, 0.1) is 7.11 Å². The van der Waals surface area contributed by atoms with E-state index in [-0.39, 0.29) is 5.97 Å². The first-order valence-corrected chi connectivity index (χ1v) is 4.75. The number of thiophene rings is 1. The van der Waals surface area contributed by atoms with Crippen LogP contribution < -0.4 is 0 Å². The van der Waals surface area contributed by atoms with Crippen molar-refractivity contribution in [2.45, 2.75) is 12.8 Å². The number of methoxy groups -OCH3 is 1. The molecular formula is C10H10O2S. The molecule has 1 aromatic heterocycles. The summed E-state index contributed by atoms with van der Waals surface area (Å²) in [6, 6.07) is 1.91. The van der Waals surface area contributed by atoms with Crippen LogP contribution in [0, 0.1) is 12.3 Å². The van der Waals surface area contributed by atoms with Crippen molar-refractivity contribution in [2.75, 3.05) is 7.11 Å². The number of hydrogen-bond donors (Lipinski definition) is 0. The van der Waals surface area contributed by atoms with Crippen LogP contribution in [0.15, 0.2) is 11.4 Å². The van der Waals surface area contributed by atoms with E-state index >= 15 is 0 Å². The van der Waals surface area contributed by atoms with Gasteiger partial charge >= 0.3 is 5.97 Å². The van der Waals surface area contributed by atoms with Gasteiger partial charge in [0.2, 0.25) is 0 Å². The Kier molecular flexibility index (Phi) is 3.53. The normalized spacial score (nSPS) is 9.23. The minimum Gasteiger partial charge on any atom is -0.465 e. The molecule has 0 saturated heterocycles. The molecule has 0 aliphatic heterocycles. The van der Waals surface area contributed by atoms with Gasteiger partial charge in [-0.15, -0.1) is 23.7 Å². The van der Waals surface area contributed by atoms with Crippen LogP contribution in [-0.2, 0) is 11.2 Å². The van der Waals surface area contributed by atoms with E-state index in [4.69, 9.17) is 6.42 Å². The molecule has 0 saturated carbocycles. The van der Waals surface area contributed by atoms with E-state index in [0.29, 0.717) is 11.3 Å². The number of esters is 1. The lowest BCUT2D eigenvalue weighted by Gasteiger charge is -1.98. The van der Waals surface area contributed by atoms with Gasteiger partial charge in [-0.05, 0) is 23.4 Å². The van der Waals surface area contributed by atoms with Crippen LogP contribution in [0.1, 0.15) is 21.7 Å². The Hall–Kier alpha value is -1.27. The second-order valence-electron chi connectivity index (χ2n) is 2.47. The molecule has 68 valence electrons. The molecular weight excluding hydrogens is 184 g/mol. The summed E-state index contributed by atoms with van der Waals surface area (Å²) in [5, 5.41) is 1.87. The van der Waals surface area contributed by atoms with Gasteiger partial charge in [0.15, 0.2) is 0 Å². The molecule has 0 aromatic carbocycles. The second-order valence-corrected chi connectivity index (χ2v) is 3.39. The zero-order valence-electron chi connectivity index (χ0n) is 7.37. The van der Waals surface area contributed by atoms with Crippen LogP contribution in [0.25, 0.3) is 0 Å². The van der Waals surface area contributed by atoms with E-state index in [1.54, 1.807) is 0 Å². The summed E-state index contributed by atoms with van der Waals surface area (Å²) in [6.45, 7) is 0. The van der Waals surface area contributed by atoms with Crippen molar-refractivity contribution in [3.63, 3.8) is 0 Å². The van der Waals surface area contributed by atoms with Crippen LogP contribution >= 0.6 is 11.3 Å². The fourth-order valence-electron chi connectivity index (χ4n) is 1.01. The third kappa shape index (κ3) is 2.33. The molecule has 0 amide bonds. The molecule has 0 N–H and O–H groups in total. The summed E-state index contributed by atoms with van der Waals surface area (Å²) in [7, 11) is 1.38. The summed E-state index contributed by atoms with van der Waals surface area (Å²) in [4.78, 5) is 11.9. The van der Waals surface area contributed by atoms with Crippen molar-refractivity contribution >= 4 is 17.3 Å². The lowest BCUT2D eigenvalue weighted by atomic mass is 10.1. The number of rotatable bonds is 3. The molecule has 1 rings (SSSR count). The highest BCUT2D eigenvalue weighted by molar-refractivity contribution is 7.12. The number of terminal acetylenes is 1. The molecule has 0 atom stereocenters. The largest absolute Gasteiger partial charge is 0.465 e. The van der Waals surface area contributed by atoms with E-state index < -0.39 is 0 Å². The molecule has 0 radical (unpaired) electrons. The van der Waals surface area contributed by atoms with Gasteiger partial charge in [0, 0.05) is 6.42 Å². The first-order valence-electron chi connectivity index (χ1n) is 3.87.